The van der Waals surface area contributed by atoms with Gasteiger partial charge in [-0.15, -0.1) is 0 Å². The van der Waals surface area contributed by atoms with Crippen molar-refractivity contribution in [2.24, 2.45) is 5.41 Å². The Bertz CT molecular complexity index is 559. The van der Waals surface area contributed by atoms with Crippen LogP contribution < -0.4 is 0 Å². The second kappa shape index (κ2) is 17.2. The van der Waals surface area contributed by atoms with Crippen LogP contribution in [-0.2, 0) is 9.47 Å². The fourth-order valence-electron chi connectivity index (χ4n) is 3.94. The first kappa shape index (κ1) is 29.7. The first-order chi connectivity index (χ1) is 15.8. The maximum Gasteiger partial charge on any atom is 0.410 e. The lowest BCUT2D eigenvalue weighted by Gasteiger charge is -2.48. The Morgan fingerprint density at radius 1 is 0.909 bits per heavy atom. The smallest absolute Gasteiger partial charge is 0.410 e. The zero-order valence-corrected chi connectivity index (χ0v) is 21.9. The third-order valence-electron chi connectivity index (χ3n) is 5.94. The van der Waals surface area contributed by atoms with E-state index in [0.29, 0.717) is 19.7 Å². The fourth-order valence-corrected chi connectivity index (χ4v) is 3.94. The molecule has 0 bridgehead atoms. The third-order valence-corrected chi connectivity index (χ3v) is 5.94. The van der Waals surface area contributed by atoms with Gasteiger partial charge in [-0.2, -0.15) is 0 Å². The predicted molar refractivity (Wildman–Crippen MR) is 138 cm³/mol. The monoisotopic (exact) mass is 465 g/mol. The first-order valence-corrected chi connectivity index (χ1v) is 13.3. The maximum atomic E-state index is 12.1. The number of ether oxygens (including phenoxy) is 2. The van der Waals surface area contributed by atoms with Gasteiger partial charge in [-0.1, -0.05) is 69.8 Å². The molecule has 0 saturated carbocycles. The lowest BCUT2D eigenvalue weighted by Crippen LogP contribution is -2.62. The van der Waals surface area contributed by atoms with Crippen molar-refractivity contribution in [3.05, 3.63) is 24.3 Å². The molecule has 0 aromatic heterocycles. The van der Waals surface area contributed by atoms with Crippen molar-refractivity contribution in [1.29, 1.82) is 0 Å². The number of amides is 1. The zero-order valence-electron chi connectivity index (χ0n) is 21.9. The summed E-state index contributed by atoms with van der Waals surface area (Å²) in [6, 6.07) is 0. The molecule has 1 heterocycles. The van der Waals surface area contributed by atoms with Crippen LogP contribution in [0.2, 0.25) is 0 Å². The van der Waals surface area contributed by atoms with E-state index in [1.165, 1.54) is 64.2 Å². The highest BCUT2D eigenvalue weighted by molar-refractivity contribution is 5.69. The number of aliphatic hydroxyl groups is 1. The summed E-state index contributed by atoms with van der Waals surface area (Å²) in [5, 5.41) is 9.75. The number of nitrogens with zero attached hydrogens (tertiary/aromatic N) is 1. The SMILES string of the molecule is CCCCC/C=C\C/C=C\CCCCCCCCOCC1(CO)CN(C(=O)OC(C)(C)C)C1. The molecular weight excluding hydrogens is 414 g/mol. The number of aliphatic hydroxyl groups excluding tert-OH is 1. The van der Waals surface area contributed by atoms with E-state index in [2.05, 4.69) is 31.2 Å². The predicted octanol–water partition coefficient (Wildman–Crippen LogP) is 7.05. The van der Waals surface area contributed by atoms with Gasteiger partial charge in [-0.05, 0) is 59.3 Å². The van der Waals surface area contributed by atoms with E-state index in [1.807, 2.05) is 20.8 Å². The molecule has 33 heavy (non-hydrogen) atoms. The molecule has 0 aromatic carbocycles. The average molecular weight is 466 g/mol. The number of hydrogen-bond donors (Lipinski definition) is 1. The van der Waals surface area contributed by atoms with Gasteiger partial charge in [0.05, 0.1) is 18.6 Å². The number of carbonyl (C=O) groups is 1. The summed E-state index contributed by atoms with van der Waals surface area (Å²) in [5.41, 5.74) is -0.818. The summed E-state index contributed by atoms with van der Waals surface area (Å²) in [6.07, 6.45) is 23.7. The van der Waals surface area contributed by atoms with Gasteiger partial charge in [0.2, 0.25) is 0 Å². The van der Waals surface area contributed by atoms with Crippen LogP contribution in [0.3, 0.4) is 0 Å². The number of rotatable bonds is 18. The van der Waals surface area contributed by atoms with Gasteiger partial charge in [-0.3, -0.25) is 0 Å². The molecular formula is C28H51NO4. The molecule has 1 amide bonds. The highest BCUT2D eigenvalue weighted by atomic mass is 16.6. The van der Waals surface area contributed by atoms with Gasteiger partial charge in [0.25, 0.3) is 0 Å². The quantitative estimate of drug-likeness (QED) is 0.174. The summed E-state index contributed by atoms with van der Waals surface area (Å²) in [6.45, 7) is 10.1. The Kier molecular flexibility index (Phi) is 15.4. The van der Waals surface area contributed by atoms with Crippen LogP contribution in [0, 0.1) is 5.41 Å². The molecule has 1 rings (SSSR count). The minimum atomic E-state index is -0.493. The Morgan fingerprint density at radius 3 is 2.06 bits per heavy atom. The van der Waals surface area contributed by atoms with E-state index < -0.39 is 5.60 Å². The molecule has 1 N–H and O–H groups in total. The summed E-state index contributed by atoms with van der Waals surface area (Å²) in [4.78, 5) is 13.7. The van der Waals surface area contributed by atoms with Crippen LogP contribution in [0.25, 0.3) is 0 Å². The molecule has 5 heteroatoms. The van der Waals surface area contributed by atoms with Gasteiger partial charge < -0.3 is 19.5 Å². The molecule has 0 radical (unpaired) electrons. The Hall–Kier alpha value is -1.33. The second-order valence-corrected chi connectivity index (χ2v) is 10.6. The highest BCUT2D eigenvalue weighted by Crippen LogP contribution is 2.31. The molecule has 192 valence electrons. The number of likely N-dealkylation sites (tertiary alicyclic amines) is 1. The van der Waals surface area contributed by atoms with E-state index in [-0.39, 0.29) is 18.1 Å². The number of unbranched alkanes of at least 4 members (excludes halogenated alkanes) is 9. The molecule has 0 aromatic rings. The summed E-state index contributed by atoms with van der Waals surface area (Å²) >= 11 is 0. The third kappa shape index (κ3) is 14.5. The van der Waals surface area contributed by atoms with Crippen LogP contribution >= 0.6 is 0 Å². The lowest BCUT2D eigenvalue weighted by molar-refractivity contribution is -0.0948. The Balaban J connectivity index is 1.93. The lowest BCUT2D eigenvalue weighted by atomic mass is 9.82. The molecule has 1 saturated heterocycles. The minimum Gasteiger partial charge on any atom is -0.444 e. The van der Waals surface area contributed by atoms with E-state index in [9.17, 15) is 9.90 Å². The van der Waals surface area contributed by atoms with Crippen molar-refractivity contribution in [2.75, 3.05) is 32.9 Å². The minimum absolute atomic E-state index is 0.0377. The normalized spacial score (nSPS) is 16.0. The fraction of sp³-hybridized carbons (Fsp3) is 0.821. The van der Waals surface area contributed by atoms with E-state index >= 15 is 0 Å². The molecule has 0 aliphatic carbocycles. The number of allylic oxidation sites excluding steroid dienone is 4. The maximum absolute atomic E-state index is 12.1. The molecule has 1 fully saturated rings. The Labute approximate surface area is 203 Å². The first-order valence-electron chi connectivity index (χ1n) is 13.3. The zero-order chi connectivity index (χ0) is 24.4. The molecule has 0 spiro atoms. The molecule has 1 aliphatic rings. The summed E-state index contributed by atoms with van der Waals surface area (Å²) in [5.74, 6) is 0. The Morgan fingerprint density at radius 2 is 1.48 bits per heavy atom. The van der Waals surface area contributed by atoms with E-state index in [4.69, 9.17) is 9.47 Å². The van der Waals surface area contributed by atoms with Crippen LogP contribution in [0.15, 0.2) is 24.3 Å². The summed E-state index contributed by atoms with van der Waals surface area (Å²) in [7, 11) is 0. The van der Waals surface area contributed by atoms with Gasteiger partial charge >= 0.3 is 6.09 Å². The van der Waals surface area contributed by atoms with Gasteiger partial charge in [0.1, 0.15) is 5.60 Å². The van der Waals surface area contributed by atoms with Crippen molar-refractivity contribution in [3.63, 3.8) is 0 Å². The largest absolute Gasteiger partial charge is 0.444 e. The highest BCUT2D eigenvalue weighted by Gasteiger charge is 2.46. The van der Waals surface area contributed by atoms with Crippen molar-refractivity contribution in [3.8, 4) is 0 Å². The van der Waals surface area contributed by atoms with Crippen molar-refractivity contribution >= 4 is 6.09 Å². The molecule has 0 unspecified atom stereocenters. The van der Waals surface area contributed by atoms with Gasteiger partial charge in [-0.25, -0.2) is 4.79 Å². The van der Waals surface area contributed by atoms with Gasteiger partial charge in [0, 0.05) is 19.7 Å². The van der Waals surface area contributed by atoms with Crippen LogP contribution in [0.4, 0.5) is 4.79 Å². The molecule has 5 nitrogen and oxygen atoms in total. The van der Waals surface area contributed by atoms with Gasteiger partial charge in [0.15, 0.2) is 0 Å². The van der Waals surface area contributed by atoms with Crippen molar-refractivity contribution in [2.45, 2.75) is 110 Å². The van der Waals surface area contributed by atoms with Crippen LogP contribution in [-0.4, -0.2) is 54.6 Å². The topological polar surface area (TPSA) is 59.0 Å². The summed E-state index contributed by atoms with van der Waals surface area (Å²) < 4.78 is 11.2. The van der Waals surface area contributed by atoms with Crippen molar-refractivity contribution < 1.29 is 19.4 Å². The average Bonchev–Trinajstić information content (AvgIpc) is 2.73. The van der Waals surface area contributed by atoms with Crippen LogP contribution in [0.1, 0.15) is 105 Å². The molecule has 0 atom stereocenters. The molecule has 1 aliphatic heterocycles. The van der Waals surface area contributed by atoms with Crippen molar-refractivity contribution in [1.82, 2.24) is 4.90 Å². The number of carbonyl (C=O) groups excluding carboxylic acids is 1. The standard InChI is InChI=1S/C28H51NO4/c1-5-6-7-8-9-10-11-12-13-14-15-16-17-18-19-20-21-32-25-28(24-30)22-29(23-28)26(31)33-27(2,3)4/h9-10,12-13,30H,5-8,11,14-25H2,1-4H3/b10-9-,13-12-. The van der Waals surface area contributed by atoms with E-state index in [0.717, 1.165) is 19.4 Å². The van der Waals surface area contributed by atoms with E-state index in [1.54, 1.807) is 4.90 Å². The number of hydrogen-bond acceptors (Lipinski definition) is 4. The second-order valence-electron chi connectivity index (χ2n) is 10.6. The van der Waals surface area contributed by atoms with Crippen LogP contribution in [0.5, 0.6) is 0 Å².